The first-order valence-electron chi connectivity index (χ1n) is 6.95. The highest BCUT2D eigenvalue weighted by molar-refractivity contribution is 5.84. The van der Waals surface area contributed by atoms with Gasteiger partial charge in [0.1, 0.15) is 5.82 Å². The Morgan fingerprint density at radius 2 is 1.74 bits per heavy atom. The molecule has 1 aliphatic rings. The Bertz CT molecular complexity index is 598. The van der Waals surface area contributed by atoms with Crippen LogP contribution in [0.5, 0.6) is 0 Å². The van der Waals surface area contributed by atoms with Gasteiger partial charge in [-0.2, -0.15) is 0 Å². The van der Waals surface area contributed by atoms with E-state index in [2.05, 4.69) is 55.0 Å². The average Bonchev–Trinajstić information content (AvgIpc) is 2.39. The van der Waals surface area contributed by atoms with E-state index in [1.54, 1.807) is 0 Å². The number of anilines is 1. The Kier molecular flexibility index (Phi) is 3.15. The molecule has 1 aromatic heterocycles. The van der Waals surface area contributed by atoms with Crippen molar-refractivity contribution in [2.75, 3.05) is 38.1 Å². The molecule has 1 fully saturated rings. The maximum atomic E-state index is 4.87. The second-order valence-electron chi connectivity index (χ2n) is 5.61. The molecule has 19 heavy (non-hydrogen) atoms. The van der Waals surface area contributed by atoms with Crippen molar-refractivity contribution >= 4 is 16.7 Å². The Morgan fingerprint density at radius 3 is 2.47 bits per heavy atom. The summed E-state index contributed by atoms with van der Waals surface area (Å²) in [4.78, 5) is 9.63. The van der Waals surface area contributed by atoms with Crippen LogP contribution in [-0.2, 0) is 0 Å². The van der Waals surface area contributed by atoms with Crippen molar-refractivity contribution < 1.29 is 0 Å². The topological polar surface area (TPSA) is 19.4 Å². The molecule has 0 bridgehead atoms. The monoisotopic (exact) mass is 255 g/mol. The molecule has 0 atom stereocenters. The van der Waals surface area contributed by atoms with Crippen LogP contribution in [0.3, 0.4) is 0 Å². The fraction of sp³-hybridized carbons (Fsp3) is 0.438. The standard InChI is InChI=1S/C16H21N3/c1-12-10-13(2)16-14(11-12)4-5-15(17-16)19-8-6-18(3)7-9-19/h4-5,10-11H,6-9H2,1-3H3. The zero-order valence-corrected chi connectivity index (χ0v) is 12.0. The Hall–Kier alpha value is -1.61. The van der Waals surface area contributed by atoms with E-state index in [4.69, 9.17) is 4.98 Å². The third-order valence-corrected chi connectivity index (χ3v) is 3.94. The molecule has 0 radical (unpaired) electrons. The number of likely N-dealkylation sites (N-methyl/N-ethyl adjacent to an activating group) is 1. The molecule has 0 spiro atoms. The lowest BCUT2D eigenvalue weighted by Gasteiger charge is -2.33. The van der Waals surface area contributed by atoms with Gasteiger partial charge >= 0.3 is 0 Å². The lowest BCUT2D eigenvalue weighted by molar-refractivity contribution is 0.312. The van der Waals surface area contributed by atoms with Crippen LogP contribution < -0.4 is 4.90 Å². The van der Waals surface area contributed by atoms with Gasteiger partial charge < -0.3 is 9.80 Å². The largest absolute Gasteiger partial charge is 0.354 e. The molecule has 1 saturated heterocycles. The minimum absolute atomic E-state index is 1.07. The molecule has 3 nitrogen and oxygen atoms in total. The molecule has 0 unspecified atom stereocenters. The van der Waals surface area contributed by atoms with Crippen LogP contribution in [-0.4, -0.2) is 43.1 Å². The fourth-order valence-electron chi connectivity index (χ4n) is 2.80. The van der Waals surface area contributed by atoms with Crippen LogP contribution in [0, 0.1) is 13.8 Å². The molecule has 2 aromatic rings. The SMILES string of the molecule is Cc1cc(C)c2nc(N3CCN(C)CC3)ccc2c1. The van der Waals surface area contributed by atoms with E-state index in [9.17, 15) is 0 Å². The summed E-state index contributed by atoms with van der Waals surface area (Å²) in [5.41, 5.74) is 3.71. The number of rotatable bonds is 1. The van der Waals surface area contributed by atoms with E-state index in [1.165, 1.54) is 16.5 Å². The molecular weight excluding hydrogens is 234 g/mol. The molecule has 0 N–H and O–H groups in total. The first kappa shape index (κ1) is 12.4. The van der Waals surface area contributed by atoms with Gasteiger partial charge in [-0.05, 0) is 44.7 Å². The van der Waals surface area contributed by atoms with Gasteiger partial charge in [-0.3, -0.25) is 0 Å². The smallest absolute Gasteiger partial charge is 0.129 e. The molecular formula is C16H21N3. The minimum Gasteiger partial charge on any atom is -0.354 e. The summed E-state index contributed by atoms with van der Waals surface area (Å²) >= 11 is 0. The molecule has 0 saturated carbocycles. The summed E-state index contributed by atoms with van der Waals surface area (Å²) in [5, 5.41) is 1.25. The third kappa shape index (κ3) is 2.43. The lowest BCUT2D eigenvalue weighted by Crippen LogP contribution is -2.44. The maximum absolute atomic E-state index is 4.87. The predicted molar refractivity (Wildman–Crippen MR) is 80.9 cm³/mol. The number of benzene rings is 1. The Morgan fingerprint density at radius 1 is 1.00 bits per heavy atom. The van der Waals surface area contributed by atoms with E-state index in [0.29, 0.717) is 0 Å². The molecule has 100 valence electrons. The van der Waals surface area contributed by atoms with Gasteiger partial charge in [-0.15, -0.1) is 0 Å². The summed E-state index contributed by atoms with van der Waals surface area (Å²) < 4.78 is 0. The molecule has 1 aliphatic heterocycles. The van der Waals surface area contributed by atoms with Gasteiger partial charge in [0.15, 0.2) is 0 Å². The third-order valence-electron chi connectivity index (χ3n) is 3.94. The minimum atomic E-state index is 1.07. The number of aromatic nitrogens is 1. The van der Waals surface area contributed by atoms with Crippen molar-refractivity contribution in [3.63, 3.8) is 0 Å². The van der Waals surface area contributed by atoms with Crippen molar-refractivity contribution in [1.29, 1.82) is 0 Å². The summed E-state index contributed by atoms with van der Waals surface area (Å²) in [6, 6.07) is 8.79. The molecule has 3 rings (SSSR count). The number of fused-ring (bicyclic) bond motifs is 1. The van der Waals surface area contributed by atoms with Gasteiger partial charge in [0.2, 0.25) is 0 Å². The first-order valence-corrected chi connectivity index (χ1v) is 6.95. The van der Waals surface area contributed by atoms with E-state index >= 15 is 0 Å². The van der Waals surface area contributed by atoms with Crippen LogP contribution >= 0.6 is 0 Å². The Labute approximate surface area is 114 Å². The lowest BCUT2D eigenvalue weighted by atomic mass is 10.1. The van der Waals surface area contributed by atoms with E-state index in [-0.39, 0.29) is 0 Å². The number of piperazine rings is 1. The van der Waals surface area contributed by atoms with Gasteiger partial charge in [0, 0.05) is 31.6 Å². The molecule has 2 heterocycles. The first-order chi connectivity index (χ1) is 9.13. The van der Waals surface area contributed by atoms with Crippen molar-refractivity contribution in [3.8, 4) is 0 Å². The number of aryl methyl sites for hydroxylation is 2. The summed E-state index contributed by atoms with van der Waals surface area (Å²) in [7, 11) is 2.18. The quantitative estimate of drug-likeness (QED) is 0.781. The number of pyridine rings is 1. The van der Waals surface area contributed by atoms with Crippen molar-refractivity contribution in [2.24, 2.45) is 0 Å². The Balaban J connectivity index is 1.97. The summed E-state index contributed by atoms with van der Waals surface area (Å²) in [6.45, 7) is 8.66. The normalized spacial score (nSPS) is 17.1. The van der Waals surface area contributed by atoms with Crippen molar-refractivity contribution in [2.45, 2.75) is 13.8 Å². The fourth-order valence-corrected chi connectivity index (χ4v) is 2.80. The van der Waals surface area contributed by atoms with E-state index in [1.807, 2.05) is 0 Å². The van der Waals surface area contributed by atoms with Crippen LogP contribution in [0.1, 0.15) is 11.1 Å². The van der Waals surface area contributed by atoms with Crippen LogP contribution in [0.15, 0.2) is 24.3 Å². The number of hydrogen-bond donors (Lipinski definition) is 0. The van der Waals surface area contributed by atoms with Crippen molar-refractivity contribution in [1.82, 2.24) is 9.88 Å². The van der Waals surface area contributed by atoms with Gasteiger partial charge in [0.25, 0.3) is 0 Å². The summed E-state index contributed by atoms with van der Waals surface area (Å²) in [6.07, 6.45) is 0. The van der Waals surface area contributed by atoms with E-state index < -0.39 is 0 Å². The highest BCUT2D eigenvalue weighted by Gasteiger charge is 2.15. The highest BCUT2D eigenvalue weighted by atomic mass is 15.3. The molecule has 0 amide bonds. The second-order valence-corrected chi connectivity index (χ2v) is 5.61. The average molecular weight is 255 g/mol. The maximum Gasteiger partial charge on any atom is 0.129 e. The van der Waals surface area contributed by atoms with Gasteiger partial charge in [0.05, 0.1) is 5.52 Å². The number of hydrogen-bond acceptors (Lipinski definition) is 3. The molecule has 3 heteroatoms. The predicted octanol–water partition coefficient (Wildman–Crippen LogP) is 2.60. The van der Waals surface area contributed by atoms with E-state index in [0.717, 1.165) is 37.5 Å². The van der Waals surface area contributed by atoms with Crippen molar-refractivity contribution in [3.05, 3.63) is 35.4 Å². The van der Waals surface area contributed by atoms with Gasteiger partial charge in [-0.1, -0.05) is 11.6 Å². The van der Waals surface area contributed by atoms with Crippen LogP contribution in [0.4, 0.5) is 5.82 Å². The van der Waals surface area contributed by atoms with Crippen LogP contribution in [0.2, 0.25) is 0 Å². The van der Waals surface area contributed by atoms with Crippen LogP contribution in [0.25, 0.3) is 10.9 Å². The molecule has 0 aliphatic carbocycles. The zero-order chi connectivity index (χ0) is 13.4. The van der Waals surface area contributed by atoms with Gasteiger partial charge in [-0.25, -0.2) is 4.98 Å². The molecule has 1 aromatic carbocycles. The summed E-state index contributed by atoms with van der Waals surface area (Å²) in [5.74, 6) is 1.12. The highest BCUT2D eigenvalue weighted by Crippen LogP contribution is 2.23. The second kappa shape index (κ2) is 4.82. The number of nitrogens with zero attached hydrogens (tertiary/aromatic N) is 3. The zero-order valence-electron chi connectivity index (χ0n) is 12.0.